The number of aryl methyl sites for hydroxylation is 1. The molecule has 5 nitrogen and oxygen atoms in total. The molecule has 1 aliphatic rings. The number of carbonyl (C=O) groups is 1. The van der Waals surface area contributed by atoms with Gasteiger partial charge in [-0.3, -0.25) is 4.79 Å². The van der Waals surface area contributed by atoms with Crippen LogP contribution in [0.1, 0.15) is 72.6 Å². The van der Waals surface area contributed by atoms with Gasteiger partial charge in [-0.1, -0.05) is 11.6 Å². The van der Waals surface area contributed by atoms with Crippen LogP contribution in [-0.4, -0.2) is 35.3 Å². The number of phenols is 2. The third-order valence-electron chi connectivity index (χ3n) is 5.94. The van der Waals surface area contributed by atoms with E-state index in [4.69, 9.17) is 9.47 Å². The predicted molar refractivity (Wildman–Crippen MR) is 121 cm³/mol. The number of rotatable bonds is 8. The summed E-state index contributed by atoms with van der Waals surface area (Å²) in [5.74, 6) is 0.00645. The first-order valence-corrected chi connectivity index (χ1v) is 10.7. The van der Waals surface area contributed by atoms with E-state index < -0.39 is 0 Å². The minimum atomic E-state index is -0.354. The number of phenolic OH excluding ortho intramolecular Hbond substituents is 2. The maximum atomic E-state index is 12.9. The third-order valence-corrected chi connectivity index (χ3v) is 5.94. The van der Waals surface area contributed by atoms with E-state index in [1.54, 1.807) is 19.2 Å². The van der Waals surface area contributed by atoms with Crippen LogP contribution in [0.4, 0.5) is 0 Å². The van der Waals surface area contributed by atoms with Gasteiger partial charge in [0.2, 0.25) is 5.78 Å². The molecule has 0 radical (unpaired) electrons. The van der Waals surface area contributed by atoms with Crippen LogP contribution in [0.2, 0.25) is 0 Å². The van der Waals surface area contributed by atoms with Crippen molar-refractivity contribution in [3.63, 3.8) is 0 Å². The number of aromatic hydroxyl groups is 2. The highest BCUT2D eigenvalue weighted by atomic mass is 16.5. The van der Waals surface area contributed by atoms with Crippen LogP contribution in [-0.2, 0) is 11.2 Å². The van der Waals surface area contributed by atoms with Gasteiger partial charge in [-0.05, 0) is 88.3 Å². The number of carbonyl (C=O) groups excluding carboxylic acids is 1. The number of hydrogen-bond donors (Lipinski definition) is 2. The number of methoxy groups -OCH3 is 1. The molecule has 0 amide bonds. The molecule has 166 valence electrons. The van der Waals surface area contributed by atoms with Crippen LogP contribution >= 0.6 is 0 Å². The molecule has 3 rings (SSSR count). The van der Waals surface area contributed by atoms with Gasteiger partial charge in [0, 0.05) is 13.2 Å². The first-order chi connectivity index (χ1) is 14.6. The van der Waals surface area contributed by atoms with Crippen molar-refractivity contribution in [2.24, 2.45) is 0 Å². The van der Waals surface area contributed by atoms with E-state index in [-0.39, 0.29) is 34.0 Å². The van der Waals surface area contributed by atoms with Gasteiger partial charge in [-0.15, -0.1) is 0 Å². The van der Waals surface area contributed by atoms with E-state index in [2.05, 4.69) is 20.8 Å². The van der Waals surface area contributed by atoms with E-state index in [0.717, 1.165) is 30.4 Å². The van der Waals surface area contributed by atoms with Crippen molar-refractivity contribution < 1.29 is 24.5 Å². The van der Waals surface area contributed by atoms with Crippen molar-refractivity contribution in [1.29, 1.82) is 0 Å². The number of fused-ring (bicyclic) bond motifs is 2. The zero-order valence-electron chi connectivity index (χ0n) is 19.0. The quantitative estimate of drug-likeness (QED) is 0.470. The summed E-state index contributed by atoms with van der Waals surface area (Å²) >= 11 is 0. The summed E-state index contributed by atoms with van der Waals surface area (Å²) in [7, 11) is 1.74. The minimum Gasteiger partial charge on any atom is -0.507 e. The highest BCUT2D eigenvalue weighted by molar-refractivity contribution is 6.15. The molecule has 0 saturated heterocycles. The van der Waals surface area contributed by atoms with Crippen molar-refractivity contribution in [1.82, 2.24) is 0 Å². The Morgan fingerprint density at radius 1 is 1.10 bits per heavy atom. The zero-order chi connectivity index (χ0) is 22.8. The topological polar surface area (TPSA) is 76.0 Å². The van der Waals surface area contributed by atoms with Crippen LogP contribution in [0.3, 0.4) is 0 Å². The predicted octanol–water partition coefficient (Wildman–Crippen LogP) is 5.46. The monoisotopic (exact) mass is 424 g/mol. The van der Waals surface area contributed by atoms with Crippen molar-refractivity contribution in [2.45, 2.75) is 59.0 Å². The van der Waals surface area contributed by atoms with Gasteiger partial charge >= 0.3 is 0 Å². The highest BCUT2D eigenvalue weighted by Gasteiger charge is 2.29. The molecule has 31 heavy (non-hydrogen) atoms. The second-order valence-corrected chi connectivity index (χ2v) is 8.98. The van der Waals surface area contributed by atoms with Crippen LogP contribution in [0.5, 0.6) is 17.2 Å². The molecule has 2 N–H and O–H groups in total. The van der Waals surface area contributed by atoms with Gasteiger partial charge in [0.25, 0.3) is 0 Å². The van der Waals surface area contributed by atoms with E-state index in [1.807, 2.05) is 19.1 Å². The molecule has 0 heterocycles. The Bertz CT molecular complexity index is 1020. The SMILES string of the molecule is COC(C)(C)CCC/C(C)=C/COc1cc(O)c2c(c1)Cc1cc(C)cc(O)c1C2=O. The molecule has 0 bridgehead atoms. The molecule has 0 aliphatic heterocycles. The molecule has 0 atom stereocenters. The van der Waals surface area contributed by atoms with Gasteiger partial charge in [-0.2, -0.15) is 0 Å². The van der Waals surface area contributed by atoms with Crippen LogP contribution in [0.25, 0.3) is 0 Å². The molecule has 2 aromatic carbocycles. The normalized spacial score (nSPS) is 13.7. The van der Waals surface area contributed by atoms with Crippen LogP contribution < -0.4 is 4.74 Å². The Morgan fingerprint density at radius 2 is 1.74 bits per heavy atom. The zero-order valence-corrected chi connectivity index (χ0v) is 19.0. The maximum Gasteiger partial charge on any atom is 0.201 e. The first kappa shape index (κ1) is 22.9. The Balaban J connectivity index is 1.68. The number of hydrogen-bond acceptors (Lipinski definition) is 5. The molecule has 0 fully saturated rings. The summed E-state index contributed by atoms with van der Waals surface area (Å²) in [6.07, 6.45) is 5.49. The fourth-order valence-electron chi connectivity index (χ4n) is 3.99. The molecule has 0 spiro atoms. The molecular formula is C26H32O5. The van der Waals surface area contributed by atoms with Crippen LogP contribution in [0.15, 0.2) is 35.9 Å². The Kier molecular flexibility index (Phi) is 6.75. The van der Waals surface area contributed by atoms with Gasteiger partial charge < -0.3 is 19.7 Å². The first-order valence-electron chi connectivity index (χ1n) is 10.7. The number of benzene rings is 2. The van der Waals surface area contributed by atoms with E-state index in [1.165, 1.54) is 11.6 Å². The Morgan fingerprint density at radius 3 is 2.42 bits per heavy atom. The van der Waals surface area contributed by atoms with Gasteiger partial charge in [0.15, 0.2) is 0 Å². The second kappa shape index (κ2) is 9.15. The lowest BCUT2D eigenvalue weighted by Crippen LogP contribution is -2.21. The van der Waals surface area contributed by atoms with Crippen molar-refractivity contribution in [2.75, 3.05) is 13.7 Å². The molecule has 5 heteroatoms. The number of ketones is 1. The number of ether oxygens (including phenoxy) is 2. The summed E-state index contributed by atoms with van der Waals surface area (Å²) in [6, 6.07) is 6.75. The van der Waals surface area contributed by atoms with Crippen molar-refractivity contribution in [3.05, 3.63) is 63.7 Å². The summed E-state index contributed by atoms with van der Waals surface area (Å²) in [6.45, 7) is 8.52. The Hall–Kier alpha value is -2.79. The fraction of sp³-hybridized carbons (Fsp3) is 0.423. The van der Waals surface area contributed by atoms with E-state index in [9.17, 15) is 15.0 Å². The van der Waals surface area contributed by atoms with Gasteiger partial charge in [0.05, 0.1) is 16.7 Å². The largest absolute Gasteiger partial charge is 0.507 e. The van der Waals surface area contributed by atoms with Crippen LogP contribution in [0, 0.1) is 6.92 Å². The lowest BCUT2D eigenvalue weighted by atomic mass is 9.83. The molecular weight excluding hydrogens is 392 g/mol. The molecule has 2 aromatic rings. The van der Waals surface area contributed by atoms with Crippen molar-refractivity contribution >= 4 is 5.78 Å². The molecule has 1 aliphatic carbocycles. The Labute approximate surface area is 184 Å². The summed E-state index contributed by atoms with van der Waals surface area (Å²) in [5, 5.41) is 20.7. The third kappa shape index (κ3) is 5.28. The molecule has 0 saturated carbocycles. The smallest absolute Gasteiger partial charge is 0.201 e. The lowest BCUT2D eigenvalue weighted by Gasteiger charge is -2.22. The summed E-state index contributed by atoms with van der Waals surface area (Å²) in [5.41, 5.74) is 4.01. The second-order valence-electron chi connectivity index (χ2n) is 8.98. The molecule has 0 unspecified atom stereocenters. The maximum absolute atomic E-state index is 12.9. The van der Waals surface area contributed by atoms with Gasteiger partial charge in [0.1, 0.15) is 23.9 Å². The van der Waals surface area contributed by atoms with Crippen molar-refractivity contribution in [3.8, 4) is 17.2 Å². The summed E-state index contributed by atoms with van der Waals surface area (Å²) < 4.78 is 11.3. The number of allylic oxidation sites excluding steroid dienone is 1. The average Bonchev–Trinajstić information content (AvgIpc) is 2.66. The fourth-order valence-corrected chi connectivity index (χ4v) is 3.99. The standard InChI is InChI=1S/C26H32O5/c1-16(7-6-9-26(3,4)30-5)8-10-31-20-14-19-13-18-11-17(2)12-21(27)23(18)25(29)24(19)22(28)15-20/h8,11-12,14-15,27-28H,6-7,9-10,13H2,1-5H3/b16-8+. The average molecular weight is 425 g/mol. The van der Waals surface area contributed by atoms with E-state index >= 15 is 0 Å². The summed E-state index contributed by atoms with van der Waals surface area (Å²) in [4.78, 5) is 12.9. The van der Waals surface area contributed by atoms with E-state index in [0.29, 0.717) is 24.3 Å². The highest BCUT2D eigenvalue weighted by Crippen LogP contribution is 2.39. The van der Waals surface area contributed by atoms with Gasteiger partial charge in [-0.25, -0.2) is 0 Å². The molecule has 0 aromatic heterocycles. The lowest BCUT2D eigenvalue weighted by molar-refractivity contribution is 0.0140. The minimum absolute atomic E-state index is 0.0418.